The zero-order valence-electron chi connectivity index (χ0n) is 8.68. The van der Waals surface area contributed by atoms with Gasteiger partial charge in [0.05, 0.1) is 0 Å². The molecule has 2 heteroatoms. The van der Waals surface area contributed by atoms with Crippen molar-refractivity contribution in [2.75, 3.05) is 0 Å². The molecule has 0 unspecified atom stereocenters. The van der Waals surface area contributed by atoms with E-state index in [1.807, 2.05) is 11.3 Å². The summed E-state index contributed by atoms with van der Waals surface area (Å²) < 4.78 is 2.41. The van der Waals surface area contributed by atoms with Crippen LogP contribution in [-0.2, 0) is 6.54 Å². The number of aromatic nitrogens is 1. The molecule has 1 aliphatic rings. The first-order valence-electron chi connectivity index (χ1n) is 5.42. The van der Waals surface area contributed by atoms with Crippen LogP contribution in [0, 0.1) is 0 Å². The molecular weight excluding hydrogens is 214 g/mol. The smallest absolute Gasteiger partial charge is 0.186 e. The van der Waals surface area contributed by atoms with Gasteiger partial charge in [0.25, 0.3) is 0 Å². The summed E-state index contributed by atoms with van der Waals surface area (Å²) in [5, 5.41) is 3.50. The highest BCUT2D eigenvalue weighted by Gasteiger charge is 2.28. The number of para-hydroxylation sites is 1. The molecule has 1 aliphatic heterocycles. The normalized spacial score (nSPS) is 12.8. The van der Waals surface area contributed by atoms with Crippen LogP contribution >= 0.6 is 11.3 Å². The SMILES string of the molecule is c1ccc2c(c1)ccc1[n+]2Cc2ccsc2-1. The summed E-state index contributed by atoms with van der Waals surface area (Å²) in [6, 6.07) is 15.3. The number of pyridine rings is 1. The van der Waals surface area contributed by atoms with E-state index in [4.69, 9.17) is 0 Å². The summed E-state index contributed by atoms with van der Waals surface area (Å²) in [6.45, 7) is 1.02. The molecule has 0 saturated heterocycles. The molecule has 4 rings (SSSR count). The fourth-order valence-electron chi connectivity index (χ4n) is 2.49. The molecule has 16 heavy (non-hydrogen) atoms. The van der Waals surface area contributed by atoms with Crippen molar-refractivity contribution < 1.29 is 4.57 Å². The first kappa shape index (κ1) is 8.48. The van der Waals surface area contributed by atoms with Crippen molar-refractivity contribution >= 4 is 22.2 Å². The highest BCUT2D eigenvalue weighted by Crippen LogP contribution is 2.33. The van der Waals surface area contributed by atoms with E-state index in [0.717, 1.165) is 6.54 Å². The second-order valence-corrected chi connectivity index (χ2v) is 5.05. The summed E-state index contributed by atoms with van der Waals surface area (Å²) in [5.74, 6) is 0. The lowest BCUT2D eigenvalue weighted by atomic mass is 10.2. The fraction of sp³-hybridized carbons (Fsp3) is 0.0714. The second kappa shape index (κ2) is 2.92. The van der Waals surface area contributed by atoms with E-state index < -0.39 is 0 Å². The van der Waals surface area contributed by atoms with Gasteiger partial charge in [-0.25, -0.2) is 0 Å². The monoisotopic (exact) mass is 224 g/mol. The molecule has 3 heterocycles. The third kappa shape index (κ3) is 0.973. The molecule has 0 amide bonds. The predicted octanol–water partition coefficient (Wildman–Crippen LogP) is 3.22. The largest absolute Gasteiger partial charge is 0.223 e. The molecule has 2 aromatic heterocycles. The summed E-state index contributed by atoms with van der Waals surface area (Å²) >= 11 is 1.84. The van der Waals surface area contributed by atoms with Crippen molar-refractivity contribution in [1.29, 1.82) is 0 Å². The van der Waals surface area contributed by atoms with Gasteiger partial charge in [-0.15, -0.1) is 11.3 Å². The number of hydrogen-bond acceptors (Lipinski definition) is 1. The van der Waals surface area contributed by atoms with Gasteiger partial charge in [0.15, 0.2) is 6.54 Å². The van der Waals surface area contributed by atoms with Crippen LogP contribution in [0.1, 0.15) is 5.56 Å². The Bertz CT molecular complexity index is 697. The molecule has 0 saturated carbocycles. The third-order valence-electron chi connectivity index (χ3n) is 3.25. The Morgan fingerprint density at radius 2 is 1.94 bits per heavy atom. The van der Waals surface area contributed by atoms with Crippen LogP contribution in [-0.4, -0.2) is 0 Å². The van der Waals surface area contributed by atoms with Gasteiger partial charge in [0, 0.05) is 23.1 Å². The van der Waals surface area contributed by atoms with Gasteiger partial charge >= 0.3 is 0 Å². The zero-order valence-corrected chi connectivity index (χ0v) is 9.50. The minimum atomic E-state index is 1.02. The zero-order chi connectivity index (χ0) is 10.5. The Morgan fingerprint density at radius 1 is 1.00 bits per heavy atom. The lowest BCUT2D eigenvalue weighted by molar-refractivity contribution is -0.645. The predicted molar refractivity (Wildman–Crippen MR) is 66.6 cm³/mol. The quantitative estimate of drug-likeness (QED) is 0.404. The molecule has 0 radical (unpaired) electrons. The van der Waals surface area contributed by atoms with E-state index in [2.05, 4.69) is 52.4 Å². The molecule has 76 valence electrons. The molecular formula is C14H10NS+. The number of thiophene rings is 1. The van der Waals surface area contributed by atoms with Gasteiger partial charge in [0.2, 0.25) is 11.2 Å². The molecule has 1 nitrogen and oxygen atoms in total. The average molecular weight is 224 g/mol. The Labute approximate surface area is 97.6 Å². The van der Waals surface area contributed by atoms with Crippen molar-refractivity contribution in [2.24, 2.45) is 0 Å². The summed E-state index contributed by atoms with van der Waals surface area (Å²) in [7, 11) is 0. The molecule has 0 N–H and O–H groups in total. The van der Waals surface area contributed by atoms with E-state index in [1.54, 1.807) is 0 Å². The van der Waals surface area contributed by atoms with Crippen LogP contribution in [0.25, 0.3) is 21.5 Å². The molecule has 0 fully saturated rings. The Balaban J connectivity index is 2.14. The topological polar surface area (TPSA) is 3.88 Å². The van der Waals surface area contributed by atoms with Crippen LogP contribution in [0.4, 0.5) is 0 Å². The van der Waals surface area contributed by atoms with Gasteiger partial charge < -0.3 is 0 Å². The number of rotatable bonds is 0. The Morgan fingerprint density at radius 3 is 2.94 bits per heavy atom. The van der Waals surface area contributed by atoms with E-state index in [0.29, 0.717) is 0 Å². The minimum absolute atomic E-state index is 1.02. The van der Waals surface area contributed by atoms with Crippen LogP contribution in [0.2, 0.25) is 0 Å². The lowest BCUT2D eigenvalue weighted by Crippen LogP contribution is -2.33. The maximum atomic E-state index is 2.41. The van der Waals surface area contributed by atoms with Gasteiger partial charge in [-0.2, -0.15) is 4.57 Å². The van der Waals surface area contributed by atoms with Crippen molar-refractivity contribution in [3.63, 3.8) is 0 Å². The minimum Gasteiger partial charge on any atom is -0.186 e. The molecule has 0 atom stereocenters. The van der Waals surface area contributed by atoms with Crippen LogP contribution < -0.4 is 4.57 Å². The maximum absolute atomic E-state index is 2.41. The fourth-order valence-corrected chi connectivity index (χ4v) is 3.44. The van der Waals surface area contributed by atoms with Crippen LogP contribution in [0.15, 0.2) is 47.8 Å². The summed E-state index contributed by atoms with van der Waals surface area (Å²) in [6.07, 6.45) is 0. The first-order chi connectivity index (χ1) is 7.93. The van der Waals surface area contributed by atoms with Crippen LogP contribution in [0.5, 0.6) is 0 Å². The number of fused-ring (bicyclic) bond motifs is 5. The van der Waals surface area contributed by atoms with E-state index in [9.17, 15) is 0 Å². The second-order valence-electron chi connectivity index (χ2n) is 4.14. The summed E-state index contributed by atoms with van der Waals surface area (Å²) in [5.41, 5.74) is 4.16. The standard InChI is InChI=1S/C14H10NS/c1-2-4-12-10(3-1)5-6-13-14-11(7-8-16-14)9-15(12)13/h1-8H,9H2/q+1. The van der Waals surface area contributed by atoms with Crippen molar-refractivity contribution in [1.82, 2.24) is 0 Å². The number of hydrogen-bond donors (Lipinski definition) is 0. The van der Waals surface area contributed by atoms with Crippen molar-refractivity contribution in [3.8, 4) is 10.6 Å². The molecule has 0 bridgehead atoms. The highest BCUT2D eigenvalue weighted by atomic mass is 32.1. The third-order valence-corrected chi connectivity index (χ3v) is 4.23. The lowest BCUT2D eigenvalue weighted by Gasteiger charge is -1.98. The first-order valence-corrected chi connectivity index (χ1v) is 6.30. The van der Waals surface area contributed by atoms with Gasteiger partial charge in [0.1, 0.15) is 4.88 Å². The number of benzene rings is 1. The summed E-state index contributed by atoms with van der Waals surface area (Å²) in [4.78, 5) is 1.44. The average Bonchev–Trinajstić information content (AvgIpc) is 2.88. The van der Waals surface area contributed by atoms with Crippen molar-refractivity contribution in [2.45, 2.75) is 6.54 Å². The Hall–Kier alpha value is -1.67. The van der Waals surface area contributed by atoms with Crippen LogP contribution in [0.3, 0.4) is 0 Å². The van der Waals surface area contributed by atoms with Gasteiger partial charge in [-0.05, 0) is 23.6 Å². The Kier molecular flexibility index (Phi) is 1.55. The maximum Gasteiger partial charge on any atom is 0.223 e. The van der Waals surface area contributed by atoms with E-state index in [-0.39, 0.29) is 0 Å². The number of nitrogens with zero attached hydrogens (tertiary/aromatic N) is 1. The van der Waals surface area contributed by atoms with Crippen molar-refractivity contribution in [3.05, 3.63) is 53.4 Å². The molecule has 0 aliphatic carbocycles. The molecule has 1 aromatic carbocycles. The van der Waals surface area contributed by atoms with E-state index in [1.165, 1.54) is 27.0 Å². The van der Waals surface area contributed by atoms with Gasteiger partial charge in [-0.3, -0.25) is 0 Å². The van der Waals surface area contributed by atoms with E-state index >= 15 is 0 Å². The van der Waals surface area contributed by atoms with Gasteiger partial charge in [-0.1, -0.05) is 12.1 Å². The highest BCUT2D eigenvalue weighted by molar-refractivity contribution is 7.13. The molecule has 3 aromatic rings. The molecule has 0 spiro atoms.